The van der Waals surface area contributed by atoms with Crippen LogP contribution in [-0.4, -0.2) is 33.0 Å². The molecule has 1 saturated carbocycles. The number of hydrogen-bond donors (Lipinski definition) is 1. The number of likely N-dealkylation sites (tertiary alicyclic amines) is 1. The first-order valence-electron chi connectivity index (χ1n) is 10.4. The van der Waals surface area contributed by atoms with Crippen LogP contribution in [-0.2, 0) is 10.0 Å². The summed E-state index contributed by atoms with van der Waals surface area (Å²) in [6, 6.07) is 15.1. The molecule has 0 radical (unpaired) electrons. The highest BCUT2D eigenvalue weighted by atomic mass is 35.5. The van der Waals surface area contributed by atoms with E-state index in [9.17, 15) is 8.42 Å². The van der Waals surface area contributed by atoms with Crippen molar-refractivity contribution in [3.05, 3.63) is 59.7 Å². The summed E-state index contributed by atoms with van der Waals surface area (Å²) in [5.41, 5.74) is 3.01. The fourth-order valence-corrected chi connectivity index (χ4v) is 5.09. The third-order valence-electron chi connectivity index (χ3n) is 5.95. The van der Waals surface area contributed by atoms with E-state index in [0.29, 0.717) is 22.4 Å². The van der Waals surface area contributed by atoms with Crippen molar-refractivity contribution in [2.24, 2.45) is 5.92 Å². The Morgan fingerprint density at radius 3 is 2.45 bits per heavy atom. The van der Waals surface area contributed by atoms with Gasteiger partial charge in [-0.3, -0.25) is 4.72 Å². The van der Waals surface area contributed by atoms with Gasteiger partial charge >= 0.3 is 0 Å². The summed E-state index contributed by atoms with van der Waals surface area (Å²) in [6.45, 7) is 7.67. The molecule has 0 amide bonds. The lowest BCUT2D eigenvalue weighted by Gasteiger charge is -2.16. The van der Waals surface area contributed by atoms with Crippen LogP contribution in [0.3, 0.4) is 0 Å². The SMILES string of the molecule is CC(C)c1ccc(S(=O)(=O)Nc2cccc(C3CCN(CC4CC4)C3)c2)cc1.Cl. The minimum absolute atomic E-state index is 0. The molecule has 1 unspecified atom stereocenters. The number of rotatable bonds is 7. The average molecular weight is 435 g/mol. The predicted molar refractivity (Wildman–Crippen MR) is 122 cm³/mol. The smallest absolute Gasteiger partial charge is 0.261 e. The number of halogens is 1. The first-order chi connectivity index (χ1) is 13.4. The lowest BCUT2D eigenvalue weighted by Crippen LogP contribution is -2.22. The Hall–Kier alpha value is -1.56. The minimum Gasteiger partial charge on any atom is -0.302 e. The molecular formula is C23H31ClN2O2S. The second kappa shape index (κ2) is 9.07. The van der Waals surface area contributed by atoms with E-state index in [1.807, 2.05) is 30.3 Å². The molecule has 6 heteroatoms. The molecule has 4 rings (SSSR count). The van der Waals surface area contributed by atoms with Gasteiger partial charge in [0.2, 0.25) is 0 Å². The van der Waals surface area contributed by atoms with Crippen LogP contribution in [0.15, 0.2) is 53.4 Å². The molecule has 2 aromatic carbocycles. The molecule has 0 bridgehead atoms. The van der Waals surface area contributed by atoms with Gasteiger partial charge in [0.25, 0.3) is 10.0 Å². The highest BCUT2D eigenvalue weighted by Gasteiger charge is 2.29. The van der Waals surface area contributed by atoms with Crippen LogP contribution in [0.4, 0.5) is 5.69 Å². The summed E-state index contributed by atoms with van der Waals surface area (Å²) in [6.07, 6.45) is 3.92. The predicted octanol–water partition coefficient (Wildman–Crippen LogP) is 5.23. The zero-order chi connectivity index (χ0) is 19.7. The van der Waals surface area contributed by atoms with Crippen molar-refractivity contribution in [1.82, 2.24) is 4.90 Å². The number of anilines is 1. The Morgan fingerprint density at radius 1 is 1.07 bits per heavy atom. The van der Waals surface area contributed by atoms with Gasteiger partial charge in [0.1, 0.15) is 0 Å². The van der Waals surface area contributed by atoms with Gasteiger partial charge < -0.3 is 4.90 Å². The van der Waals surface area contributed by atoms with E-state index in [-0.39, 0.29) is 12.4 Å². The Labute approximate surface area is 181 Å². The maximum absolute atomic E-state index is 12.8. The minimum atomic E-state index is -3.57. The normalized spacial score (nSPS) is 19.9. The molecule has 4 nitrogen and oxygen atoms in total. The van der Waals surface area contributed by atoms with Crippen molar-refractivity contribution in [1.29, 1.82) is 0 Å². The molecule has 0 spiro atoms. The van der Waals surface area contributed by atoms with E-state index >= 15 is 0 Å². The van der Waals surface area contributed by atoms with Crippen molar-refractivity contribution in [2.75, 3.05) is 24.4 Å². The first kappa shape index (κ1) is 22.1. The van der Waals surface area contributed by atoms with Gasteiger partial charge in [-0.1, -0.05) is 38.1 Å². The Bertz CT molecular complexity index is 924. The zero-order valence-corrected chi connectivity index (χ0v) is 18.8. The van der Waals surface area contributed by atoms with Crippen LogP contribution < -0.4 is 4.72 Å². The van der Waals surface area contributed by atoms with Crippen molar-refractivity contribution >= 4 is 28.1 Å². The van der Waals surface area contributed by atoms with Gasteiger partial charge in [-0.25, -0.2) is 8.42 Å². The van der Waals surface area contributed by atoms with Crippen LogP contribution in [0.1, 0.15) is 56.1 Å². The lowest BCUT2D eigenvalue weighted by molar-refractivity contribution is 0.320. The number of nitrogens with one attached hydrogen (secondary N) is 1. The van der Waals surface area contributed by atoms with Gasteiger partial charge in [-0.05, 0) is 79.0 Å². The molecule has 2 fully saturated rings. The van der Waals surface area contributed by atoms with Crippen LogP contribution in [0.2, 0.25) is 0 Å². The number of nitrogens with zero attached hydrogens (tertiary/aromatic N) is 1. The summed E-state index contributed by atoms with van der Waals surface area (Å²) < 4.78 is 28.3. The summed E-state index contributed by atoms with van der Waals surface area (Å²) in [5.74, 6) is 1.79. The highest BCUT2D eigenvalue weighted by molar-refractivity contribution is 7.92. The fourth-order valence-electron chi connectivity index (χ4n) is 4.04. The molecule has 1 N–H and O–H groups in total. The van der Waals surface area contributed by atoms with Crippen LogP contribution >= 0.6 is 12.4 Å². The quantitative estimate of drug-likeness (QED) is 0.648. The maximum atomic E-state index is 12.8. The molecule has 1 atom stereocenters. The maximum Gasteiger partial charge on any atom is 0.261 e. The van der Waals surface area contributed by atoms with Crippen LogP contribution in [0.25, 0.3) is 0 Å². The van der Waals surface area contributed by atoms with Crippen molar-refractivity contribution < 1.29 is 8.42 Å². The molecule has 1 heterocycles. The molecule has 0 aromatic heterocycles. The molecule has 158 valence electrons. The van der Waals surface area contributed by atoms with E-state index in [1.165, 1.54) is 24.9 Å². The monoisotopic (exact) mass is 434 g/mol. The van der Waals surface area contributed by atoms with E-state index < -0.39 is 10.0 Å². The second-order valence-corrected chi connectivity index (χ2v) is 10.3. The van der Waals surface area contributed by atoms with E-state index in [1.54, 1.807) is 12.1 Å². The van der Waals surface area contributed by atoms with Gasteiger partial charge in [0.05, 0.1) is 4.90 Å². The van der Waals surface area contributed by atoms with Crippen molar-refractivity contribution in [2.45, 2.75) is 49.8 Å². The summed E-state index contributed by atoms with van der Waals surface area (Å²) in [4.78, 5) is 2.87. The summed E-state index contributed by atoms with van der Waals surface area (Å²) >= 11 is 0. The van der Waals surface area contributed by atoms with Gasteiger partial charge in [-0.2, -0.15) is 0 Å². The third kappa shape index (κ3) is 5.53. The van der Waals surface area contributed by atoms with Crippen molar-refractivity contribution in [3.8, 4) is 0 Å². The standard InChI is InChI=1S/C23H30N2O2S.ClH/c1-17(2)19-8-10-23(11-9-19)28(26,27)24-22-5-3-4-20(14-22)21-12-13-25(16-21)15-18-6-7-18;/h3-5,8-11,14,17-18,21,24H,6-7,12-13,15-16H2,1-2H3;1H. The number of benzene rings is 2. The molecule has 2 aromatic rings. The Morgan fingerprint density at radius 2 is 1.79 bits per heavy atom. The topological polar surface area (TPSA) is 49.4 Å². The Kier molecular flexibility index (Phi) is 6.92. The van der Waals surface area contributed by atoms with Crippen molar-refractivity contribution in [3.63, 3.8) is 0 Å². The summed E-state index contributed by atoms with van der Waals surface area (Å²) in [5, 5.41) is 0. The van der Waals surface area contributed by atoms with Gasteiger partial charge in [0, 0.05) is 18.8 Å². The summed E-state index contributed by atoms with van der Waals surface area (Å²) in [7, 11) is -3.57. The first-order valence-corrected chi connectivity index (χ1v) is 11.8. The molecule has 1 aliphatic heterocycles. The van der Waals surface area contributed by atoms with Gasteiger partial charge in [-0.15, -0.1) is 12.4 Å². The number of sulfonamides is 1. The number of hydrogen-bond acceptors (Lipinski definition) is 3. The highest BCUT2D eigenvalue weighted by Crippen LogP contribution is 2.34. The third-order valence-corrected chi connectivity index (χ3v) is 7.35. The average Bonchev–Trinajstić information content (AvgIpc) is 3.36. The van der Waals surface area contributed by atoms with E-state index in [4.69, 9.17) is 0 Å². The van der Waals surface area contributed by atoms with E-state index in [0.717, 1.165) is 31.0 Å². The fraction of sp³-hybridized carbons (Fsp3) is 0.478. The molecule has 1 aliphatic carbocycles. The van der Waals surface area contributed by atoms with Gasteiger partial charge in [0.15, 0.2) is 0 Å². The molecule has 1 saturated heterocycles. The molecule has 2 aliphatic rings. The van der Waals surface area contributed by atoms with Crippen LogP contribution in [0.5, 0.6) is 0 Å². The second-order valence-electron chi connectivity index (χ2n) is 8.64. The van der Waals surface area contributed by atoms with Crippen LogP contribution in [0, 0.1) is 5.92 Å². The van der Waals surface area contributed by atoms with E-state index in [2.05, 4.69) is 29.5 Å². The zero-order valence-electron chi connectivity index (χ0n) is 17.2. The lowest BCUT2D eigenvalue weighted by atomic mass is 9.98. The largest absolute Gasteiger partial charge is 0.302 e. The molecule has 29 heavy (non-hydrogen) atoms. The molecular weight excluding hydrogens is 404 g/mol. The Balaban J connectivity index is 0.00000240.